The van der Waals surface area contributed by atoms with Crippen molar-refractivity contribution < 1.29 is 0 Å². The van der Waals surface area contributed by atoms with Crippen LogP contribution in [0.4, 0.5) is 0 Å². The number of aromatic nitrogens is 1. The Bertz CT molecular complexity index is 525. The van der Waals surface area contributed by atoms with E-state index in [1.165, 1.54) is 0 Å². The van der Waals surface area contributed by atoms with E-state index in [-0.39, 0.29) is 0 Å². The first-order valence-electron chi connectivity index (χ1n) is 4.95. The van der Waals surface area contributed by atoms with Crippen LogP contribution >= 0.6 is 11.3 Å². The number of nitrogens with two attached hydrogens (primary N) is 1. The molecular formula is C12H11N3S. The molecule has 4 heteroatoms. The van der Waals surface area contributed by atoms with Crippen molar-refractivity contribution in [1.82, 2.24) is 4.98 Å². The van der Waals surface area contributed by atoms with Gasteiger partial charge in [-0.3, -0.25) is 0 Å². The van der Waals surface area contributed by atoms with E-state index in [1.807, 2.05) is 29.6 Å². The summed E-state index contributed by atoms with van der Waals surface area (Å²) in [5, 5.41) is 11.9. The highest BCUT2D eigenvalue weighted by Crippen LogP contribution is 2.16. The Morgan fingerprint density at radius 3 is 2.88 bits per heavy atom. The SMILES string of the molecule is N#Cc1ccccc1Cc1csc(CN)n1. The number of rotatable bonds is 3. The molecule has 0 bridgehead atoms. The molecule has 0 aliphatic carbocycles. The molecule has 0 aliphatic rings. The van der Waals surface area contributed by atoms with E-state index in [4.69, 9.17) is 11.0 Å². The van der Waals surface area contributed by atoms with Gasteiger partial charge >= 0.3 is 0 Å². The highest BCUT2D eigenvalue weighted by Gasteiger charge is 2.05. The highest BCUT2D eigenvalue weighted by molar-refractivity contribution is 7.09. The predicted molar refractivity (Wildman–Crippen MR) is 64.0 cm³/mol. The molecule has 1 aromatic heterocycles. The molecule has 16 heavy (non-hydrogen) atoms. The van der Waals surface area contributed by atoms with E-state index in [2.05, 4.69) is 11.1 Å². The molecule has 0 fully saturated rings. The van der Waals surface area contributed by atoms with Crippen molar-refractivity contribution in [2.24, 2.45) is 5.73 Å². The molecule has 0 unspecified atom stereocenters. The number of nitriles is 1. The van der Waals surface area contributed by atoms with Crippen LogP contribution < -0.4 is 5.73 Å². The molecule has 0 saturated carbocycles. The van der Waals surface area contributed by atoms with Gasteiger partial charge in [0.1, 0.15) is 5.01 Å². The third-order valence-corrected chi connectivity index (χ3v) is 3.20. The lowest BCUT2D eigenvalue weighted by molar-refractivity contribution is 0.993. The third kappa shape index (κ3) is 2.27. The molecule has 0 aliphatic heterocycles. The Hall–Kier alpha value is -1.70. The van der Waals surface area contributed by atoms with Crippen LogP contribution in [0.15, 0.2) is 29.6 Å². The molecule has 2 aromatic rings. The molecule has 80 valence electrons. The van der Waals surface area contributed by atoms with Crippen LogP contribution in [-0.4, -0.2) is 4.98 Å². The van der Waals surface area contributed by atoms with Crippen LogP contribution in [-0.2, 0) is 13.0 Å². The van der Waals surface area contributed by atoms with E-state index in [0.717, 1.165) is 16.3 Å². The van der Waals surface area contributed by atoms with E-state index >= 15 is 0 Å². The summed E-state index contributed by atoms with van der Waals surface area (Å²) in [4.78, 5) is 4.38. The molecule has 0 amide bonds. The monoisotopic (exact) mass is 229 g/mol. The fourth-order valence-corrected chi connectivity index (χ4v) is 2.18. The summed E-state index contributed by atoms with van der Waals surface area (Å²) in [5.41, 5.74) is 8.21. The molecule has 1 heterocycles. The second-order valence-electron chi connectivity index (χ2n) is 3.38. The summed E-state index contributed by atoms with van der Waals surface area (Å²) in [6.07, 6.45) is 0.695. The van der Waals surface area contributed by atoms with Crippen LogP contribution in [0.25, 0.3) is 0 Å². The molecule has 3 nitrogen and oxygen atoms in total. The van der Waals surface area contributed by atoms with Crippen molar-refractivity contribution in [2.75, 3.05) is 0 Å². The number of benzene rings is 1. The van der Waals surface area contributed by atoms with E-state index in [0.29, 0.717) is 18.5 Å². The minimum Gasteiger partial charge on any atom is -0.325 e. The van der Waals surface area contributed by atoms with Crippen LogP contribution in [0.5, 0.6) is 0 Å². The average molecular weight is 229 g/mol. The summed E-state index contributed by atoms with van der Waals surface area (Å²) in [7, 11) is 0. The van der Waals surface area contributed by atoms with E-state index in [9.17, 15) is 0 Å². The molecule has 0 saturated heterocycles. The molecule has 0 spiro atoms. The van der Waals surface area contributed by atoms with Gasteiger partial charge in [-0.1, -0.05) is 18.2 Å². The number of thiazole rings is 1. The summed E-state index contributed by atoms with van der Waals surface area (Å²) in [6.45, 7) is 0.477. The first kappa shape index (κ1) is 10.8. The van der Waals surface area contributed by atoms with Gasteiger partial charge in [-0.2, -0.15) is 5.26 Å². The minimum absolute atomic E-state index is 0.477. The molecule has 0 atom stereocenters. The molecule has 1 aromatic carbocycles. The maximum Gasteiger partial charge on any atom is 0.106 e. The fourth-order valence-electron chi connectivity index (χ4n) is 1.50. The largest absolute Gasteiger partial charge is 0.325 e. The van der Waals surface area contributed by atoms with Crippen molar-refractivity contribution in [3.05, 3.63) is 51.5 Å². The lowest BCUT2D eigenvalue weighted by Crippen LogP contribution is -1.97. The van der Waals surface area contributed by atoms with Gasteiger partial charge in [0.25, 0.3) is 0 Å². The van der Waals surface area contributed by atoms with Gasteiger partial charge in [0.05, 0.1) is 17.3 Å². The first-order chi connectivity index (χ1) is 7.83. The molecule has 0 radical (unpaired) electrons. The smallest absolute Gasteiger partial charge is 0.106 e. The Morgan fingerprint density at radius 2 is 2.19 bits per heavy atom. The lowest BCUT2D eigenvalue weighted by Gasteiger charge is -2.00. The Morgan fingerprint density at radius 1 is 1.38 bits per heavy atom. The molecule has 2 rings (SSSR count). The van der Waals surface area contributed by atoms with Crippen LogP contribution in [0.2, 0.25) is 0 Å². The average Bonchev–Trinajstić information content (AvgIpc) is 2.77. The maximum absolute atomic E-state index is 8.96. The quantitative estimate of drug-likeness (QED) is 0.876. The van der Waals surface area contributed by atoms with Crippen molar-refractivity contribution in [2.45, 2.75) is 13.0 Å². The van der Waals surface area contributed by atoms with Crippen molar-refractivity contribution in [3.63, 3.8) is 0 Å². The summed E-state index contributed by atoms with van der Waals surface area (Å²) < 4.78 is 0. The van der Waals surface area contributed by atoms with Gasteiger partial charge in [0, 0.05) is 18.3 Å². The maximum atomic E-state index is 8.96. The number of nitrogens with zero attached hydrogens (tertiary/aromatic N) is 2. The second kappa shape index (κ2) is 4.88. The Balaban J connectivity index is 2.24. The lowest BCUT2D eigenvalue weighted by atomic mass is 10.0. The van der Waals surface area contributed by atoms with Gasteiger partial charge in [0.15, 0.2) is 0 Å². The van der Waals surface area contributed by atoms with Crippen molar-refractivity contribution in [3.8, 4) is 6.07 Å². The second-order valence-corrected chi connectivity index (χ2v) is 4.33. The normalized spacial score (nSPS) is 10.0. The zero-order chi connectivity index (χ0) is 11.4. The van der Waals surface area contributed by atoms with Gasteiger partial charge in [-0.05, 0) is 11.6 Å². The standard InChI is InChI=1S/C12H11N3S/c13-6-10-4-2-1-3-9(10)5-11-8-16-12(7-14)15-11/h1-4,8H,5,7,14H2. The van der Waals surface area contributed by atoms with Gasteiger partial charge in [0.2, 0.25) is 0 Å². The summed E-state index contributed by atoms with van der Waals surface area (Å²) in [6, 6.07) is 9.78. The van der Waals surface area contributed by atoms with Crippen molar-refractivity contribution >= 4 is 11.3 Å². The summed E-state index contributed by atoms with van der Waals surface area (Å²) in [5.74, 6) is 0. The zero-order valence-electron chi connectivity index (χ0n) is 8.68. The highest BCUT2D eigenvalue weighted by atomic mass is 32.1. The van der Waals surface area contributed by atoms with Gasteiger partial charge in [-0.15, -0.1) is 11.3 Å². The third-order valence-electron chi connectivity index (χ3n) is 2.28. The van der Waals surface area contributed by atoms with Gasteiger partial charge < -0.3 is 5.73 Å². The first-order valence-corrected chi connectivity index (χ1v) is 5.83. The molecule has 2 N–H and O–H groups in total. The molecular weight excluding hydrogens is 218 g/mol. The Kier molecular flexibility index (Phi) is 3.30. The predicted octanol–water partition coefficient (Wildman–Crippen LogP) is 2.06. The van der Waals surface area contributed by atoms with E-state index < -0.39 is 0 Å². The Labute approximate surface area is 98.2 Å². The fraction of sp³-hybridized carbons (Fsp3) is 0.167. The van der Waals surface area contributed by atoms with Crippen molar-refractivity contribution in [1.29, 1.82) is 5.26 Å². The van der Waals surface area contributed by atoms with E-state index in [1.54, 1.807) is 11.3 Å². The number of hydrogen-bond donors (Lipinski definition) is 1. The van der Waals surface area contributed by atoms with Crippen LogP contribution in [0.1, 0.15) is 21.8 Å². The topological polar surface area (TPSA) is 62.7 Å². The minimum atomic E-state index is 0.477. The summed E-state index contributed by atoms with van der Waals surface area (Å²) >= 11 is 1.56. The zero-order valence-corrected chi connectivity index (χ0v) is 9.50. The number of hydrogen-bond acceptors (Lipinski definition) is 4. The van der Waals surface area contributed by atoms with Crippen LogP contribution in [0, 0.1) is 11.3 Å². The van der Waals surface area contributed by atoms with Crippen LogP contribution in [0.3, 0.4) is 0 Å². The van der Waals surface area contributed by atoms with Gasteiger partial charge in [-0.25, -0.2) is 4.98 Å².